The second-order valence-corrected chi connectivity index (χ2v) is 2.30. The Morgan fingerprint density at radius 3 is 3.00 bits per heavy atom. The van der Waals surface area contributed by atoms with Crippen LogP contribution in [0, 0.1) is 0 Å². The van der Waals surface area contributed by atoms with E-state index < -0.39 is 0 Å². The Labute approximate surface area is 47.7 Å². The normalized spacial score (nSPS) is 19.3. The lowest BCUT2D eigenvalue weighted by Gasteiger charge is -1.97. The van der Waals surface area contributed by atoms with Crippen molar-refractivity contribution in [3.05, 3.63) is 11.6 Å². The molecule has 1 heterocycles. The second kappa shape index (κ2) is 2.17. The fraction of sp³-hybridized carbons (Fsp3) is 0.400. The molecule has 0 unspecified atom stereocenters. The minimum absolute atomic E-state index is 1.07. The Morgan fingerprint density at radius 1 is 1.86 bits per heavy atom. The van der Waals surface area contributed by atoms with Crippen LogP contribution in [0.1, 0.15) is 6.92 Å². The molecule has 0 amide bonds. The van der Waals surface area contributed by atoms with Gasteiger partial charge in [-0.3, -0.25) is 0 Å². The summed E-state index contributed by atoms with van der Waals surface area (Å²) >= 11 is 1.60. The first-order chi connectivity index (χ1) is 3.39. The molecule has 0 saturated carbocycles. The van der Waals surface area contributed by atoms with Crippen LogP contribution >= 0.6 is 11.9 Å². The fourth-order valence-electron chi connectivity index (χ4n) is 0.388. The van der Waals surface area contributed by atoms with Gasteiger partial charge in [-0.2, -0.15) is 0 Å². The lowest BCUT2D eigenvalue weighted by atomic mass is 10.3. The van der Waals surface area contributed by atoms with E-state index in [1.54, 1.807) is 11.9 Å². The van der Waals surface area contributed by atoms with E-state index in [1.807, 2.05) is 12.3 Å². The molecule has 0 N–H and O–H groups in total. The average Bonchev–Trinajstić information content (AvgIpc) is 1.69. The summed E-state index contributed by atoms with van der Waals surface area (Å²) in [6, 6.07) is 0. The molecule has 0 spiro atoms. The zero-order valence-electron chi connectivity index (χ0n) is 4.22. The number of hydrogen-bond donors (Lipinski definition) is 0. The van der Waals surface area contributed by atoms with E-state index in [0.29, 0.717) is 0 Å². The van der Waals surface area contributed by atoms with Gasteiger partial charge in [0.2, 0.25) is 0 Å². The van der Waals surface area contributed by atoms with Crippen LogP contribution < -0.4 is 0 Å². The van der Waals surface area contributed by atoms with Crippen molar-refractivity contribution < 1.29 is 0 Å². The molecule has 1 nitrogen and oxygen atoms in total. The Morgan fingerprint density at radius 2 is 2.71 bits per heavy atom. The molecule has 1 aliphatic rings. The summed E-state index contributed by atoms with van der Waals surface area (Å²) in [5.41, 5.74) is 1.40. The molecule has 0 aromatic carbocycles. The highest BCUT2D eigenvalue weighted by atomic mass is 32.2. The molecule has 0 aromatic heterocycles. The van der Waals surface area contributed by atoms with Crippen molar-refractivity contribution in [2.24, 2.45) is 4.40 Å². The first kappa shape index (κ1) is 4.91. The standard InChI is InChI=1S/C5H7NS/c1-5-2-3-6-7-4-5/h2-3H,4H2,1H3. The van der Waals surface area contributed by atoms with Gasteiger partial charge in [-0.05, 0) is 24.9 Å². The van der Waals surface area contributed by atoms with Gasteiger partial charge < -0.3 is 0 Å². The molecular formula is C5H7NS. The van der Waals surface area contributed by atoms with Crippen molar-refractivity contribution in [3.63, 3.8) is 0 Å². The van der Waals surface area contributed by atoms with Gasteiger partial charge in [0.05, 0.1) is 0 Å². The molecular weight excluding hydrogens is 106 g/mol. The zero-order valence-corrected chi connectivity index (χ0v) is 5.03. The van der Waals surface area contributed by atoms with Crippen LogP contribution in [0.5, 0.6) is 0 Å². The van der Waals surface area contributed by atoms with Gasteiger partial charge >= 0.3 is 0 Å². The smallest absolute Gasteiger partial charge is 0.0364 e. The summed E-state index contributed by atoms with van der Waals surface area (Å²) in [6.45, 7) is 2.11. The summed E-state index contributed by atoms with van der Waals surface area (Å²) in [7, 11) is 0. The summed E-state index contributed by atoms with van der Waals surface area (Å²) < 4.78 is 3.94. The van der Waals surface area contributed by atoms with Gasteiger partial charge in [0.25, 0.3) is 0 Å². The van der Waals surface area contributed by atoms with Crippen LogP contribution in [-0.4, -0.2) is 12.0 Å². The Hall–Kier alpha value is -0.240. The van der Waals surface area contributed by atoms with Crippen molar-refractivity contribution in [2.75, 3.05) is 5.75 Å². The summed E-state index contributed by atoms with van der Waals surface area (Å²) in [6.07, 6.45) is 3.88. The molecule has 0 radical (unpaired) electrons. The predicted molar refractivity (Wildman–Crippen MR) is 34.7 cm³/mol. The van der Waals surface area contributed by atoms with Crippen LogP contribution in [-0.2, 0) is 0 Å². The van der Waals surface area contributed by atoms with Crippen molar-refractivity contribution in [1.82, 2.24) is 0 Å². The first-order valence-corrected chi connectivity index (χ1v) is 3.15. The third-order valence-corrected chi connectivity index (χ3v) is 1.64. The lowest BCUT2D eigenvalue weighted by Crippen LogP contribution is -1.84. The van der Waals surface area contributed by atoms with Crippen molar-refractivity contribution >= 4 is 18.2 Å². The van der Waals surface area contributed by atoms with Gasteiger partial charge in [0.15, 0.2) is 0 Å². The fourth-order valence-corrected chi connectivity index (χ4v) is 0.909. The van der Waals surface area contributed by atoms with Crippen LogP contribution in [0.4, 0.5) is 0 Å². The molecule has 2 heteroatoms. The van der Waals surface area contributed by atoms with E-state index in [0.717, 1.165) is 5.75 Å². The molecule has 0 bridgehead atoms. The molecule has 38 valence electrons. The van der Waals surface area contributed by atoms with Crippen LogP contribution in [0.2, 0.25) is 0 Å². The van der Waals surface area contributed by atoms with Crippen molar-refractivity contribution in [3.8, 4) is 0 Å². The third-order valence-electron chi connectivity index (χ3n) is 0.787. The van der Waals surface area contributed by atoms with Crippen LogP contribution in [0.3, 0.4) is 0 Å². The van der Waals surface area contributed by atoms with E-state index in [1.165, 1.54) is 5.57 Å². The Bertz CT molecular complexity index is 115. The molecule has 0 aliphatic carbocycles. The second-order valence-electron chi connectivity index (χ2n) is 1.54. The lowest BCUT2D eigenvalue weighted by molar-refractivity contribution is 1.41. The van der Waals surface area contributed by atoms with E-state index in [4.69, 9.17) is 0 Å². The van der Waals surface area contributed by atoms with Gasteiger partial charge in [-0.25, -0.2) is 4.40 Å². The van der Waals surface area contributed by atoms with Gasteiger partial charge in [0, 0.05) is 12.0 Å². The first-order valence-electron chi connectivity index (χ1n) is 2.21. The van der Waals surface area contributed by atoms with Crippen molar-refractivity contribution in [2.45, 2.75) is 6.92 Å². The molecule has 0 saturated heterocycles. The maximum atomic E-state index is 3.94. The highest BCUT2D eigenvalue weighted by Gasteiger charge is 1.90. The topological polar surface area (TPSA) is 12.4 Å². The summed E-state index contributed by atoms with van der Waals surface area (Å²) in [5.74, 6) is 1.07. The molecule has 7 heavy (non-hydrogen) atoms. The average molecular weight is 113 g/mol. The van der Waals surface area contributed by atoms with E-state index >= 15 is 0 Å². The van der Waals surface area contributed by atoms with Crippen LogP contribution in [0.15, 0.2) is 16.0 Å². The quantitative estimate of drug-likeness (QED) is 0.435. The minimum atomic E-state index is 1.07. The molecule has 0 aromatic rings. The Kier molecular flexibility index (Phi) is 1.52. The van der Waals surface area contributed by atoms with Gasteiger partial charge in [-0.15, -0.1) is 0 Å². The van der Waals surface area contributed by atoms with Gasteiger partial charge in [-0.1, -0.05) is 5.57 Å². The zero-order chi connectivity index (χ0) is 5.11. The van der Waals surface area contributed by atoms with Crippen molar-refractivity contribution in [1.29, 1.82) is 0 Å². The number of rotatable bonds is 0. The van der Waals surface area contributed by atoms with E-state index in [2.05, 4.69) is 11.3 Å². The maximum absolute atomic E-state index is 3.94. The minimum Gasteiger partial charge on any atom is -0.224 e. The molecule has 1 aliphatic heterocycles. The third kappa shape index (κ3) is 1.35. The molecule has 0 fully saturated rings. The highest BCUT2D eigenvalue weighted by molar-refractivity contribution is 7.98. The molecule has 0 atom stereocenters. The van der Waals surface area contributed by atoms with Crippen LogP contribution in [0.25, 0.3) is 0 Å². The van der Waals surface area contributed by atoms with E-state index in [9.17, 15) is 0 Å². The number of allylic oxidation sites excluding steroid dienone is 1. The number of hydrogen-bond acceptors (Lipinski definition) is 2. The maximum Gasteiger partial charge on any atom is 0.0364 e. The monoisotopic (exact) mass is 113 g/mol. The highest BCUT2D eigenvalue weighted by Crippen LogP contribution is 2.10. The van der Waals surface area contributed by atoms with Gasteiger partial charge in [0.1, 0.15) is 0 Å². The SMILES string of the molecule is CC1=CC=NSC1. The number of nitrogens with zero attached hydrogens (tertiary/aromatic N) is 1. The van der Waals surface area contributed by atoms with E-state index in [-0.39, 0.29) is 0 Å². The summed E-state index contributed by atoms with van der Waals surface area (Å²) in [5, 5.41) is 0. The molecule has 1 rings (SSSR count). The largest absolute Gasteiger partial charge is 0.224 e. The summed E-state index contributed by atoms with van der Waals surface area (Å²) in [4.78, 5) is 0. The predicted octanol–water partition coefficient (Wildman–Crippen LogP) is 1.67. The Balaban J connectivity index is 2.57.